The highest BCUT2D eigenvalue weighted by molar-refractivity contribution is 7.91. The molecule has 0 spiro atoms. The van der Waals surface area contributed by atoms with Crippen LogP contribution in [0.1, 0.15) is 23.2 Å². The normalized spacial score (nSPS) is 24.2. The average molecular weight is 338 g/mol. The van der Waals surface area contributed by atoms with Crippen LogP contribution in [0.5, 0.6) is 0 Å². The van der Waals surface area contributed by atoms with Crippen LogP contribution in [0.4, 0.5) is 5.69 Å². The molecule has 1 aromatic rings. The van der Waals surface area contributed by atoms with Crippen LogP contribution in [0, 0.1) is 0 Å². The summed E-state index contributed by atoms with van der Waals surface area (Å²) in [7, 11) is -2.92. The lowest BCUT2D eigenvalue weighted by Crippen LogP contribution is -2.40. The second-order valence-corrected chi connectivity index (χ2v) is 8.31. The minimum Gasteiger partial charge on any atom is -0.381 e. The molecule has 1 aromatic carbocycles. The third kappa shape index (κ3) is 4.23. The van der Waals surface area contributed by atoms with Gasteiger partial charge in [0.25, 0.3) is 5.91 Å². The van der Waals surface area contributed by atoms with Crippen molar-refractivity contribution in [2.45, 2.75) is 18.9 Å². The molecular formula is C16H22N2O4S. The molecule has 2 heterocycles. The molecule has 7 heteroatoms. The van der Waals surface area contributed by atoms with Gasteiger partial charge in [0.05, 0.1) is 24.7 Å². The van der Waals surface area contributed by atoms with E-state index in [-0.39, 0.29) is 23.5 Å². The van der Waals surface area contributed by atoms with Gasteiger partial charge in [0.15, 0.2) is 9.84 Å². The summed E-state index contributed by atoms with van der Waals surface area (Å²) in [6.45, 7) is 2.42. The van der Waals surface area contributed by atoms with Crippen molar-refractivity contribution in [1.29, 1.82) is 0 Å². The highest BCUT2D eigenvalue weighted by atomic mass is 32.2. The Balaban J connectivity index is 1.61. The molecule has 3 rings (SSSR count). The summed E-state index contributed by atoms with van der Waals surface area (Å²) < 4.78 is 28.6. The maximum atomic E-state index is 12.4. The third-order valence-corrected chi connectivity index (χ3v) is 6.08. The second kappa shape index (κ2) is 6.88. The SMILES string of the molecule is O=C(c1ccc(NC2CCCS(=O)(=O)C2)cc1)N1CCOCC1. The Morgan fingerprint density at radius 1 is 1.17 bits per heavy atom. The van der Waals surface area contributed by atoms with E-state index in [0.717, 1.165) is 12.1 Å². The maximum absolute atomic E-state index is 12.4. The minimum absolute atomic E-state index is 0.0140. The Labute approximate surface area is 136 Å². The van der Waals surface area contributed by atoms with Crippen LogP contribution in [0.3, 0.4) is 0 Å². The number of carbonyl (C=O) groups excluding carboxylic acids is 1. The quantitative estimate of drug-likeness (QED) is 0.895. The van der Waals surface area contributed by atoms with E-state index in [4.69, 9.17) is 4.74 Å². The second-order valence-electron chi connectivity index (χ2n) is 6.08. The molecular weight excluding hydrogens is 316 g/mol. The Hall–Kier alpha value is -1.60. The smallest absolute Gasteiger partial charge is 0.254 e. The number of morpholine rings is 1. The molecule has 23 heavy (non-hydrogen) atoms. The highest BCUT2D eigenvalue weighted by Gasteiger charge is 2.24. The van der Waals surface area contributed by atoms with Gasteiger partial charge in [-0.25, -0.2) is 8.42 Å². The van der Waals surface area contributed by atoms with Crippen molar-refractivity contribution in [3.8, 4) is 0 Å². The predicted molar refractivity (Wildman–Crippen MR) is 88.5 cm³/mol. The molecule has 1 unspecified atom stereocenters. The molecule has 2 aliphatic heterocycles. The van der Waals surface area contributed by atoms with Gasteiger partial charge < -0.3 is 15.0 Å². The fourth-order valence-corrected chi connectivity index (χ4v) is 4.67. The summed E-state index contributed by atoms with van der Waals surface area (Å²) in [5.74, 6) is 0.486. The predicted octanol–water partition coefficient (Wildman–Crippen LogP) is 1.15. The van der Waals surface area contributed by atoms with Crippen LogP contribution in [0.15, 0.2) is 24.3 Å². The highest BCUT2D eigenvalue weighted by Crippen LogP contribution is 2.18. The van der Waals surface area contributed by atoms with Gasteiger partial charge in [0.1, 0.15) is 0 Å². The van der Waals surface area contributed by atoms with Crippen LogP contribution in [-0.2, 0) is 14.6 Å². The first-order valence-corrected chi connectivity index (χ1v) is 9.80. The molecule has 0 aliphatic carbocycles. The van der Waals surface area contributed by atoms with Crippen molar-refractivity contribution in [3.05, 3.63) is 29.8 Å². The van der Waals surface area contributed by atoms with Crippen molar-refractivity contribution < 1.29 is 17.9 Å². The largest absolute Gasteiger partial charge is 0.381 e. The van der Waals surface area contributed by atoms with Crippen molar-refractivity contribution in [3.63, 3.8) is 0 Å². The molecule has 6 nitrogen and oxygen atoms in total. The van der Waals surface area contributed by atoms with Gasteiger partial charge in [-0.15, -0.1) is 0 Å². The number of hydrogen-bond acceptors (Lipinski definition) is 5. The lowest BCUT2D eigenvalue weighted by atomic mass is 10.1. The van der Waals surface area contributed by atoms with Crippen LogP contribution < -0.4 is 5.32 Å². The summed E-state index contributed by atoms with van der Waals surface area (Å²) in [5.41, 5.74) is 1.50. The summed E-state index contributed by atoms with van der Waals surface area (Å²) in [5, 5.41) is 3.26. The molecule has 2 fully saturated rings. The standard InChI is InChI=1S/C16H22N2O4S/c19-16(18-7-9-22-10-8-18)13-3-5-14(6-4-13)17-15-2-1-11-23(20,21)12-15/h3-6,15,17H,1-2,7-12H2. The summed E-state index contributed by atoms with van der Waals surface area (Å²) in [6, 6.07) is 7.22. The first-order chi connectivity index (χ1) is 11.0. The molecule has 2 aliphatic rings. The molecule has 1 amide bonds. The number of benzene rings is 1. The number of hydrogen-bond donors (Lipinski definition) is 1. The Morgan fingerprint density at radius 3 is 2.52 bits per heavy atom. The fraction of sp³-hybridized carbons (Fsp3) is 0.562. The number of amides is 1. The molecule has 126 valence electrons. The lowest BCUT2D eigenvalue weighted by Gasteiger charge is -2.27. The van der Waals surface area contributed by atoms with Gasteiger partial charge in [-0.3, -0.25) is 4.79 Å². The maximum Gasteiger partial charge on any atom is 0.254 e. The third-order valence-electron chi connectivity index (χ3n) is 4.26. The van der Waals surface area contributed by atoms with Crippen molar-refractivity contribution in [2.75, 3.05) is 43.1 Å². The molecule has 0 aromatic heterocycles. The summed E-state index contributed by atoms with van der Waals surface area (Å²) in [6.07, 6.45) is 1.56. The molecule has 2 saturated heterocycles. The van der Waals surface area contributed by atoms with E-state index in [0.29, 0.717) is 38.3 Å². The fourth-order valence-electron chi connectivity index (χ4n) is 3.03. The van der Waals surface area contributed by atoms with E-state index >= 15 is 0 Å². The van der Waals surface area contributed by atoms with E-state index in [1.165, 1.54) is 0 Å². The van der Waals surface area contributed by atoms with Crippen LogP contribution in [-0.4, -0.2) is 63.1 Å². The first-order valence-electron chi connectivity index (χ1n) is 7.97. The summed E-state index contributed by atoms with van der Waals surface area (Å²) in [4.78, 5) is 14.1. The zero-order valence-corrected chi connectivity index (χ0v) is 13.8. The number of rotatable bonds is 3. The van der Waals surface area contributed by atoms with Gasteiger partial charge in [-0.2, -0.15) is 0 Å². The van der Waals surface area contributed by atoms with E-state index in [2.05, 4.69) is 5.32 Å². The number of nitrogens with zero attached hydrogens (tertiary/aromatic N) is 1. The van der Waals surface area contributed by atoms with Crippen molar-refractivity contribution in [1.82, 2.24) is 4.90 Å². The molecule has 0 saturated carbocycles. The Kier molecular flexibility index (Phi) is 4.87. The molecule has 1 atom stereocenters. The van der Waals surface area contributed by atoms with Crippen LogP contribution >= 0.6 is 0 Å². The average Bonchev–Trinajstić information content (AvgIpc) is 2.55. The van der Waals surface area contributed by atoms with E-state index in [1.54, 1.807) is 17.0 Å². The topological polar surface area (TPSA) is 75.7 Å². The van der Waals surface area contributed by atoms with E-state index < -0.39 is 9.84 Å². The van der Waals surface area contributed by atoms with E-state index in [1.807, 2.05) is 12.1 Å². The minimum atomic E-state index is -2.92. The van der Waals surface area contributed by atoms with Gasteiger partial charge in [0.2, 0.25) is 0 Å². The number of anilines is 1. The Morgan fingerprint density at radius 2 is 1.87 bits per heavy atom. The van der Waals surface area contributed by atoms with Crippen molar-refractivity contribution >= 4 is 21.4 Å². The van der Waals surface area contributed by atoms with Gasteiger partial charge in [-0.1, -0.05) is 0 Å². The number of nitrogens with one attached hydrogen (secondary N) is 1. The van der Waals surface area contributed by atoms with Crippen LogP contribution in [0.2, 0.25) is 0 Å². The van der Waals surface area contributed by atoms with Crippen LogP contribution in [0.25, 0.3) is 0 Å². The molecule has 1 N–H and O–H groups in total. The van der Waals surface area contributed by atoms with Gasteiger partial charge in [0, 0.05) is 30.4 Å². The molecule has 0 radical (unpaired) electrons. The van der Waals surface area contributed by atoms with Gasteiger partial charge in [-0.05, 0) is 37.1 Å². The number of carbonyl (C=O) groups is 1. The monoisotopic (exact) mass is 338 g/mol. The van der Waals surface area contributed by atoms with Gasteiger partial charge >= 0.3 is 0 Å². The number of ether oxygens (including phenoxy) is 1. The number of sulfone groups is 1. The van der Waals surface area contributed by atoms with Crippen molar-refractivity contribution in [2.24, 2.45) is 0 Å². The zero-order chi connectivity index (χ0) is 16.3. The summed E-state index contributed by atoms with van der Waals surface area (Å²) >= 11 is 0. The van der Waals surface area contributed by atoms with E-state index in [9.17, 15) is 13.2 Å². The molecule has 0 bridgehead atoms. The first kappa shape index (κ1) is 16.3. The lowest BCUT2D eigenvalue weighted by molar-refractivity contribution is 0.0303. The zero-order valence-electron chi connectivity index (χ0n) is 13.0. The Bertz CT molecular complexity index is 651.